The monoisotopic (exact) mass is 168 g/mol. The van der Waals surface area contributed by atoms with Crippen LogP contribution in [0, 0.1) is 0 Å². The molecule has 3 heteroatoms. The Morgan fingerprint density at radius 2 is 2.00 bits per heavy atom. The zero-order valence-electron chi connectivity index (χ0n) is 6.28. The molecule has 0 fully saturated rings. The summed E-state index contributed by atoms with van der Waals surface area (Å²) in [5.74, 6) is 0.638. The van der Waals surface area contributed by atoms with Crippen molar-refractivity contribution in [2.45, 2.75) is 13.3 Å². The Morgan fingerprint density at radius 1 is 1.36 bits per heavy atom. The molecule has 1 aromatic carbocycles. The van der Waals surface area contributed by atoms with Crippen molar-refractivity contribution in [2.75, 3.05) is 0 Å². The lowest BCUT2D eigenvalue weighted by Crippen LogP contribution is -1.79. The summed E-state index contributed by atoms with van der Waals surface area (Å²) in [6, 6.07) is 7.54. The molecule has 0 saturated heterocycles. The van der Waals surface area contributed by atoms with E-state index in [1.807, 2.05) is 24.3 Å². The summed E-state index contributed by atoms with van der Waals surface area (Å²) in [6.45, 7) is 2.09. The molecule has 0 aliphatic heterocycles. The van der Waals surface area contributed by atoms with Crippen molar-refractivity contribution >= 4 is 8.69 Å². The van der Waals surface area contributed by atoms with Crippen molar-refractivity contribution in [3.63, 3.8) is 0 Å². The second kappa shape index (κ2) is 4.09. The molecule has 0 spiro atoms. The van der Waals surface area contributed by atoms with E-state index in [-0.39, 0.29) is 8.69 Å². The van der Waals surface area contributed by atoms with Crippen molar-refractivity contribution in [3.8, 4) is 5.75 Å². The third-order valence-corrected chi connectivity index (χ3v) is 1.76. The van der Waals surface area contributed by atoms with Crippen LogP contribution in [0.25, 0.3) is 0 Å². The second-order valence-electron chi connectivity index (χ2n) is 2.16. The largest absolute Gasteiger partial charge is 0.408 e. The molecule has 0 atom stereocenters. The van der Waals surface area contributed by atoms with E-state index >= 15 is 0 Å². The van der Waals surface area contributed by atoms with Gasteiger partial charge in [0.15, 0.2) is 0 Å². The highest BCUT2D eigenvalue weighted by atomic mass is 31.1. The zero-order valence-corrected chi connectivity index (χ0v) is 7.17. The first-order valence-electron chi connectivity index (χ1n) is 3.45. The molecule has 0 unspecified atom stereocenters. The normalized spacial score (nSPS) is 9.91. The molecule has 0 amide bonds. The van der Waals surface area contributed by atoms with E-state index in [0.717, 1.165) is 6.42 Å². The first-order chi connectivity index (χ1) is 5.36. The third kappa shape index (κ3) is 2.32. The topological polar surface area (TPSA) is 26.3 Å². The third-order valence-electron chi connectivity index (χ3n) is 1.47. The van der Waals surface area contributed by atoms with Crippen molar-refractivity contribution in [1.82, 2.24) is 0 Å². The van der Waals surface area contributed by atoms with Crippen LogP contribution in [-0.2, 0) is 11.0 Å². The Kier molecular flexibility index (Phi) is 3.06. The van der Waals surface area contributed by atoms with Crippen LogP contribution in [0.4, 0.5) is 0 Å². The lowest BCUT2D eigenvalue weighted by atomic mass is 10.2. The molecule has 2 nitrogen and oxygen atoms in total. The fourth-order valence-electron chi connectivity index (χ4n) is 0.829. The lowest BCUT2D eigenvalue weighted by molar-refractivity contribution is 0.525. The van der Waals surface area contributed by atoms with Gasteiger partial charge in [-0.05, 0) is 24.1 Å². The van der Waals surface area contributed by atoms with Gasteiger partial charge in [-0.2, -0.15) is 0 Å². The van der Waals surface area contributed by atoms with Crippen LogP contribution in [0.2, 0.25) is 0 Å². The van der Waals surface area contributed by atoms with Gasteiger partial charge in [0.25, 0.3) is 0 Å². The van der Waals surface area contributed by atoms with E-state index < -0.39 is 0 Å². The van der Waals surface area contributed by atoms with E-state index in [4.69, 9.17) is 4.52 Å². The van der Waals surface area contributed by atoms with Gasteiger partial charge in [-0.3, -0.25) is 0 Å². The summed E-state index contributed by atoms with van der Waals surface area (Å²) in [4.78, 5) is 0. The highest BCUT2D eigenvalue weighted by Gasteiger charge is 1.91. The van der Waals surface area contributed by atoms with Crippen LogP contribution in [0.15, 0.2) is 24.3 Å². The minimum atomic E-state index is -0.300. The molecule has 0 aliphatic carbocycles. The average Bonchev–Trinajstić information content (AvgIpc) is 2.07. The average molecular weight is 168 g/mol. The van der Waals surface area contributed by atoms with Gasteiger partial charge in [-0.15, -0.1) is 0 Å². The van der Waals surface area contributed by atoms with E-state index in [2.05, 4.69) is 6.92 Å². The molecule has 1 rings (SSSR count). The predicted molar refractivity (Wildman–Crippen MR) is 44.1 cm³/mol. The maximum absolute atomic E-state index is 10.0. The molecule has 0 aromatic heterocycles. The van der Waals surface area contributed by atoms with Gasteiger partial charge in [0.2, 0.25) is 0 Å². The lowest BCUT2D eigenvalue weighted by Gasteiger charge is -1.97. The number of aryl methyl sites for hydroxylation is 1. The molecule has 11 heavy (non-hydrogen) atoms. The SMILES string of the molecule is CCc1ccc(OP=O)cc1. The Balaban J connectivity index is 2.74. The molecule has 0 aliphatic rings. The molecule has 0 bridgehead atoms. The van der Waals surface area contributed by atoms with Gasteiger partial charge in [0.05, 0.1) is 0 Å². The first-order valence-corrected chi connectivity index (χ1v) is 4.18. The number of benzene rings is 1. The number of hydrogen-bond acceptors (Lipinski definition) is 2. The molecule has 0 saturated carbocycles. The molecular formula is C8H9O2P. The van der Waals surface area contributed by atoms with E-state index in [9.17, 15) is 4.57 Å². The molecule has 0 N–H and O–H groups in total. The molecule has 1 aromatic rings. The number of hydrogen-bond donors (Lipinski definition) is 0. The summed E-state index contributed by atoms with van der Waals surface area (Å²) in [7, 11) is -0.300. The predicted octanol–water partition coefficient (Wildman–Crippen LogP) is 2.83. The highest BCUT2D eigenvalue weighted by molar-refractivity contribution is 7.17. The fourth-order valence-corrected chi connectivity index (χ4v) is 1.04. The maximum Gasteiger partial charge on any atom is 0.395 e. The summed E-state index contributed by atoms with van der Waals surface area (Å²) >= 11 is 0. The molecule has 58 valence electrons. The fraction of sp³-hybridized carbons (Fsp3) is 0.250. The van der Waals surface area contributed by atoms with Crippen LogP contribution in [-0.4, -0.2) is 0 Å². The van der Waals surface area contributed by atoms with E-state index in [1.165, 1.54) is 5.56 Å². The van der Waals surface area contributed by atoms with E-state index in [1.54, 1.807) is 0 Å². The summed E-state index contributed by atoms with van der Waals surface area (Å²) in [5.41, 5.74) is 1.25. The standard InChI is InChI=1S/C8H9O2P/c1-2-7-3-5-8(6-4-7)10-11-9/h3-6H,2H2,1H3. The van der Waals surface area contributed by atoms with Crippen molar-refractivity contribution in [2.24, 2.45) is 0 Å². The van der Waals surface area contributed by atoms with Gasteiger partial charge in [0, 0.05) is 0 Å². The van der Waals surface area contributed by atoms with Gasteiger partial charge < -0.3 is 4.52 Å². The van der Waals surface area contributed by atoms with E-state index in [0.29, 0.717) is 5.75 Å². The highest BCUT2D eigenvalue weighted by Crippen LogP contribution is 2.15. The van der Waals surface area contributed by atoms with Crippen LogP contribution in [0.5, 0.6) is 5.75 Å². The molecular weight excluding hydrogens is 159 g/mol. The Labute approximate surface area is 67.5 Å². The quantitative estimate of drug-likeness (QED) is 0.648. The van der Waals surface area contributed by atoms with Gasteiger partial charge in [-0.1, -0.05) is 19.1 Å². The van der Waals surface area contributed by atoms with Gasteiger partial charge in [0.1, 0.15) is 5.75 Å². The number of rotatable bonds is 3. The van der Waals surface area contributed by atoms with Gasteiger partial charge >= 0.3 is 8.69 Å². The van der Waals surface area contributed by atoms with Crippen LogP contribution < -0.4 is 4.52 Å². The zero-order chi connectivity index (χ0) is 8.10. The smallest absolute Gasteiger partial charge is 0.395 e. The molecule has 0 radical (unpaired) electrons. The van der Waals surface area contributed by atoms with Crippen LogP contribution in [0.1, 0.15) is 12.5 Å². The van der Waals surface area contributed by atoms with Gasteiger partial charge in [-0.25, -0.2) is 4.57 Å². The maximum atomic E-state index is 10.0. The minimum Gasteiger partial charge on any atom is -0.408 e. The van der Waals surface area contributed by atoms with Crippen molar-refractivity contribution < 1.29 is 9.09 Å². The summed E-state index contributed by atoms with van der Waals surface area (Å²) in [6.07, 6.45) is 1.01. The second-order valence-corrected chi connectivity index (χ2v) is 2.49. The van der Waals surface area contributed by atoms with Crippen LogP contribution >= 0.6 is 8.69 Å². The summed E-state index contributed by atoms with van der Waals surface area (Å²) < 4.78 is 14.7. The Morgan fingerprint density at radius 3 is 2.45 bits per heavy atom. The van der Waals surface area contributed by atoms with Crippen molar-refractivity contribution in [1.29, 1.82) is 0 Å². The Hall–Kier alpha value is -0.880. The first kappa shape index (κ1) is 8.22. The minimum absolute atomic E-state index is 0.300. The van der Waals surface area contributed by atoms with Crippen molar-refractivity contribution in [3.05, 3.63) is 29.8 Å². The van der Waals surface area contributed by atoms with Crippen LogP contribution in [0.3, 0.4) is 0 Å². The summed E-state index contributed by atoms with van der Waals surface area (Å²) in [5, 5.41) is 0. The molecule has 0 heterocycles. The Bertz CT molecular complexity index is 230.